The van der Waals surface area contributed by atoms with Crippen molar-refractivity contribution in [2.75, 3.05) is 0 Å². The summed E-state index contributed by atoms with van der Waals surface area (Å²) >= 11 is 0. The van der Waals surface area contributed by atoms with E-state index in [2.05, 4.69) is 10.6 Å². The molecule has 8 nitrogen and oxygen atoms in total. The number of esters is 2. The first kappa shape index (κ1) is 27.2. The smallest absolute Gasteiger partial charge is 0.343 e. The lowest BCUT2D eigenvalue weighted by atomic mass is 10.1. The van der Waals surface area contributed by atoms with Gasteiger partial charge in [0.25, 0.3) is 5.91 Å². The number of rotatable bonds is 6. The molecule has 1 aliphatic rings. The van der Waals surface area contributed by atoms with E-state index in [4.69, 9.17) is 9.47 Å². The molecular formula is C35H24N2O6. The molecule has 3 amide bonds. The van der Waals surface area contributed by atoms with Gasteiger partial charge >= 0.3 is 18.0 Å². The fourth-order valence-electron chi connectivity index (χ4n) is 5.01. The average molecular weight is 569 g/mol. The highest BCUT2D eigenvalue weighted by molar-refractivity contribution is 6.09. The fourth-order valence-corrected chi connectivity index (χ4v) is 5.01. The molecule has 5 aromatic rings. The summed E-state index contributed by atoms with van der Waals surface area (Å²) in [5.41, 5.74) is 3.96. The molecule has 1 aliphatic carbocycles. The summed E-state index contributed by atoms with van der Waals surface area (Å²) < 4.78 is 11.1. The Hall–Kier alpha value is -6.02. The number of fused-ring (bicyclic) bond motifs is 3. The van der Waals surface area contributed by atoms with Crippen LogP contribution in [0.4, 0.5) is 4.79 Å². The van der Waals surface area contributed by atoms with Gasteiger partial charge in [0.15, 0.2) is 0 Å². The van der Waals surface area contributed by atoms with Crippen molar-refractivity contribution in [2.24, 2.45) is 0 Å². The van der Waals surface area contributed by atoms with E-state index in [-0.39, 0.29) is 28.2 Å². The zero-order valence-electron chi connectivity index (χ0n) is 22.7. The Labute approximate surface area is 246 Å². The zero-order valence-corrected chi connectivity index (χ0v) is 22.7. The van der Waals surface area contributed by atoms with Crippen molar-refractivity contribution in [1.29, 1.82) is 0 Å². The molecule has 0 saturated carbocycles. The molecule has 0 aliphatic heterocycles. The normalized spacial score (nSPS) is 11.5. The Kier molecular flexibility index (Phi) is 7.48. The number of benzene rings is 5. The second-order valence-electron chi connectivity index (χ2n) is 9.68. The number of carbonyl (C=O) groups excluding carboxylic acids is 4. The van der Waals surface area contributed by atoms with Crippen molar-refractivity contribution in [3.63, 3.8) is 0 Å². The van der Waals surface area contributed by atoms with E-state index in [9.17, 15) is 19.2 Å². The van der Waals surface area contributed by atoms with Gasteiger partial charge in [-0.1, -0.05) is 91.0 Å². The highest BCUT2D eigenvalue weighted by atomic mass is 16.5. The molecule has 0 radical (unpaired) electrons. The van der Waals surface area contributed by atoms with Crippen LogP contribution in [0.5, 0.6) is 11.5 Å². The highest BCUT2D eigenvalue weighted by Gasteiger charge is 2.31. The van der Waals surface area contributed by atoms with Crippen LogP contribution in [0.15, 0.2) is 127 Å². The second-order valence-corrected chi connectivity index (χ2v) is 9.68. The number of ether oxygens (including phenoxy) is 2. The predicted molar refractivity (Wildman–Crippen MR) is 159 cm³/mol. The Balaban J connectivity index is 1.29. The maximum absolute atomic E-state index is 13.6. The molecule has 0 unspecified atom stereocenters. The van der Waals surface area contributed by atoms with Crippen LogP contribution in [0.3, 0.4) is 0 Å². The van der Waals surface area contributed by atoms with Crippen LogP contribution in [0.1, 0.15) is 48.2 Å². The molecule has 2 N–H and O–H groups in total. The van der Waals surface area contributed by atoms with Crippen molar-refractivity contribution in [1.82, 2.24) is 10.6 Å². The monoisotopic (exact) mass is 568 g/mol. The maximum Gasteiger partial charge on any atom is 0.343 e. The Morgan fingerprint density at radius 1 is 0.512 bits per heavy atom. The van der Waals surface area contributed by atoms with Crippen molar-refractivity contribution in [2.45, 2.75) is 6.04 Å². The molecule has 0 bridgehead atoms. The third-order valence-corrected chi connectivity index (χ3v) is 6.98. The number of hydrogen-bond donors (Lipinski definition) is 2. The van der Waals surface area contributed by atoms with Gasteiger partial charge in [-0.25, -0.2) is 14.4 Å². The Bertz CT molecular complexity index is 1740. The molecule has 5 aromatic carbocycles. The van der Waals surface area contributed by atoms with Gasteiger partial charge in [0.05, 0.1) is 17.2 Å². The van der Waals surface area contributed by atoms with E-state index in [0.29, 0.717) is 0 Å². The van der Waals surface area contributed by atoms with Crippen LogP contribution in [0, 0.1) is 0 Å². The summed E-state index contributed by atoms with van der Waals surface area (Å²) in [5, 5.41) is 5.20. The van der Waals surface area contributed by atoms with Gasteiger partial charge in [0.1, 0.15) is 17.1 Å². The molecule has 210 valence electrons. The number of amides is 3. The molecule has 6 rings (SSSR count). The molecular weight excluding hydrogens is 544 g/mol. The molecule has 0 atom stereocenters. The summed E-state index contributed by atoms with van der Waals surface area (Å²) in [6.45, 7) is 0. The standard InChI is InChI=1S/C35H24N2O6/c38-32(37-35(41)36-31-26-18-9-7-16-24(26)25-17-8-10-19-27(25)31)30-28(42-33(39)22-12-3-1-4-13-22)20-11-21-29(30)43-34(40)23-14-5-2-6-15-23/h1-21,31H,(H2,36,37,38,41). The Morgan fingerprint density at radius 3 is 1.44 bits per heavy atom. The first-order chi connectivity index (χ1) is 21.0. The van der Waals surface area contributed by atoms with Crippen LogP contribution >= 0.6 is 0 Å². The van der Waals surface area contributed by atoms with Gasteiger partial charge in [-0.2, -0.15) is 0 Å². The van der Waals surface area contributed by atoms with Crippen LogP contribution in [0.25, 0.3) is 11.1 Å². The zero-order chi connectivity index (χ0) is 29.8. The van der Waals surface area contributed by atoms with E-state index in [1.165, 1.54) is 18.2 Å². The number of carbonyl (C=O) groups is 4. The number of imide groups is 1. The van der Waals surface area contributed by atoms with Crippen molar-refractivity contribution in [3.05, 3.63) is 155 Å². The molecule has 0 saturated heterocycles. The van der Waals surface area contributed by atoms with Gasteiger partial charge < -0.3 is 14.8 Å². The molecule has 43 heavy (non-hydrogen) atoms. The minimum Gasteiger partial charge on any atom is -0.422 e. The summed E-state index contributed by atoms with van der Waals surface area (Å²) in [6, 6.07) is 34.8. The lowest BCUT2D eigenvalue weighted by Crippen LogP contribution is -2.41. The lowest BCUT2D eigenvalue weighted by Gasteiger charge is -2.18. The highest BCUT2D eigenvalue weighted by Crippen LogP contribution is 2.43. The minimum atomic E-state index is -0.926. The van der Waals surface area contributed by atoms with Crippen molar-refractivity contribution < 1.29 is 28.7 Å². The third-order valence-electron chi connectivity index (χ3n) is 6.98. The summed E-state index contributed by atoms with van der Waals surface area (Å²) in [7, 11) is 0. The molecule has 0 spiro atoms. The van der Waals surface area contributed by atoms with E-state index in [0.717, 1.165) is 22.3 Å². The Morgan fingerprint density at radius 2 is 0.953 bits per heavy atom. The van der Waals surface area contributed by atoms with Crippen LogP contribution < -0.4 is 20.1 Å². The molecule has 0 aromatic heterocycles. The van der Waals surface area contributed by atoms with E-state index in [1.807, 2.05) is 48.5 Å². The van der Waals surface area contributed by atoms with Gasteiger partial charge in [-0.3, -0.25) is 10.1 Å². The van der Waals surface area contributed by atoms with Crippen LogP contribution in [0.2, 0.25) is 0 Å². The fraction of sp³-hybridized carbons (Fsp3) is 0.0286. The van der Waals surface area contributed by atoms with Gasteiger partial charge in [-0.05, 0) is 58.7 Å². The molecule has 0 heterocycles. The first-order valence-electron chi connectivity index (χ1n) is 13.5. The topological polar surface area (TPSA) is 111 Å². The predicted octanol–water partition coefficient (Wildman–Crippen LogP) is 6.33. The maximum atomic E-state index is 13.6. The quantitative estimate of drug-likeness (QED) is 0.183. The van der Waals surface area contributed by atoms with Gasteiger partial charge in [-0.15, -0.1) is 0 Å². The first-order valence-corrected chi connectivity index (χ1v) is 13.5. The number of hydrogen-bond acceptors (Lipinski definition) is 6. The third kappa shape index (κ3) is 5.62. The number of nitrogens with one attached hydrogen (secondary N) is 2. The number of urea groups is 1. The SMILES string of the molecule is O=C(NC(=O)c1c(OC(=O)c2ccccc2)cccc1OC(=O)c1ccccc1)NC1c2ccccc2-c2ccccc21. The summed E-state index contributed by atoms with van der Waals surface area (Å²) in [4.78, 5) is 52.7. The largest absolute Gasteiger partial charge is 0.422 e. The van der Waals surface area contributed by atoms with Crippen LogP contribution in [-0.4, -0.2) is 23.9 Å². The minimum absolute atomic E-state index is 0.186. The molecule has 0 fully saturated rings. The summed E-state index contributed by atoms with van der Waals surface area (Å²) in [5.74, 6) is -2.76. The van der Waals surface area contributed by atoms with Crippen molar-refractivity contribution >= 4 is 23.9 Å². The van der Waals surface area contributed by atoms with Gasteiger partial charge in [0.2, 0.25) is 0 Å². The van der Waals surface area contributed by atoms with Crippen LogP contribution in [-0.2, 0) is 0 Å². The lowest BCUT2D eigenvalue weighted by molar-refractivity contribution is 0.0728. The van der Waals surface area contributed by atoms with Gasteiger partial charge in [0, 0.05) is 0 Å². The van der Waals surface area contributed by atoms with E-state index in [1.54, 1.807) is 60.7 Å². The molecule has 8 heteroatoms. The summed E-state index contributed by atoms with van der Waals surface area (Å²) in [6.07, 6.45) is 0. The van der Waals surface area contributed by atoms with E-state index >= 15 is 0 Å². The van der Waals surface area contributed by atoms with Crippen molar-refractivity contribution in [3.8, 4) is 22.6 Å². The average Bonchev–Trinajstić information content (AvgIpc) is 3.35. The van der Waals surface area contributed by atoms with E-state index < -0.39 is 29.9 Å². The second kappa shape index (κ2) is 11.8.